The highest BCUT2D eigenvalue weighted by molar-refractivity contribution is 5.89. The molecule has 2 saturated carbocycles. The van der Waals surface area contributed by atoms with Gasteiger partial charge in [-0.15, -0.1) is 0 Å². The summed E-state index contributed by atoms with van der Waals surface area (Å²) in [7, 11) is 0. The number of aliphatic hydroxyl groups excluding tert-OH is 3. The van der Waals surface area contributed by atoms with Crippen LogP contribution in [0.3, 0.4) is 0 Å². The van der Waals surface area contributed by atoms with E-state index in [1.54, 1.807) is 51.1 Å². The molecule has 10 atom stereocenters. The Morgan fingerprint density at radius 1 is 1.08 bits per heavy atom. The highest BCUT2D eigenvalue weighted by Gasteiger charge is 2.77. The first kappa shape index (κ1) is 28.2. The number of hydrogen-bond acceptors (Lipinski definition) is 9. The van der Waals surface area contributed by atoms with E-state index in [0.717, 1.165) is 5.57 Å². The Kier molecular flexibility index (Phi) is 6.59. The average molecular weight is 545 g/mol. The third kappa shape index (κ3) is 3.70. The molecule has 3 fully saturated rings. The summed E-state index contributed by atoms with van der Waals surface area (Å²) in [6.07, 6.45) is -6.10. The van der Waals surface area contributed by atoms with E-state index < -0.39 is 70.4 Å². The summed E-state index contributed by atoms with van der Waals surface area (Å²) in [5, 5.41) is 48.1. The molecule has 0 radical (unpaired) electrons. The van der Waals surface area contributed by atoms with Crippen molar-refractivity contribution >= 4 is 11.9 Å². The topological polar surface area (TPSA) is 143 Å². The molecule has 4 aliphatic rings. The molecule has 5 rings (SSSR count). The fraction of sp³-hybridized carbons (Fsp3) is 0.667. The lowest BCUT2D eigenvalue weighted by molar-refractivity contribution is -0.364. The van der Waals surface area contributed by atoms with Crippen LogP contribution in [0.25, 0.3) is 0 Å². The third-order valence-corrected chi connectivity index (χ3v) is 10.5. The normalized spacial score (nSPS) is 44.6. The summed E-state index contributed by atoms with van der Waals surface area (Å²) in [6.45, 7) is 10.1. The maximum atomic E-state index is 13.7. The maximum absolute atomic E-state index is 13.7. The monoisotopic (exact) mass is 544 g/mol. The van der Waals surface area contributed by atoms with Crippen LogP contribution in [0, 0.1) is 22.7 Å². The molecule has 3 aliphatic carbocycles. The molecule has 0 spiro atoms. The van der Waals surface area contributed by atoms with Crippen molar-refractivity contribution in [3.05, 3.63) is 47.0 Å². The first-order chi connectivity index (χ1) is 18.1. The molecule has 39 heavy (non-hydrogen) atoms. The zero-order valence-electron chi connectivity index (χ0n) is 23.4. The summed E-state index contributed by atoms with van der Waals surface area (Å²) in [5.41, 5.74) is -4.37. The molecular weight excluding hydrogens is 504 g/mol. The SMILES string of the molecule is CC(=O)O[C@@]12CO[C@@H]1C[C@H](O)[C@]1(C)C2[C@H](OC(=O)c2ccccc2)[C@]2(O)C[C@H](C)C(C)=C([C@@H](O)[C@@H]1O)C2(C)C. The number of benzene rings is 1. The summed E-state index contributed by atoms with van der Waals surface area (Å²) in [4.78, 5) is 26.1. The third-order valence-electron chi connectivity index (χ3n) is 10.5. The summed E-state index contributed by atoms with van der Waals surface area (Å²) in [5.74, 6) is -2.65. The molecule has 1 heterocycles. The Bertz CT molecular complexity index is 1190. The van der Waals surface area contributed by atoms with Crippen LogP contribution in [-0.4, -0.2) is 80.7 Å². The number of rotatable bonds is 3. The van der Waals surface area contributed by atoms with Crippen molar-refractivity contribution in [2.24, 2.45) is 22.7 Å². The fourth-order valence-electron chi connectivity index (χ4n) is 8.14. The lowest BCUT2D eigenvalue weighted by Crippen LogP contribution is -2.82. The Hall–Kier alpha value is -2.30. The zero-order chi connectivity index (χ0) is 28.7. The van der Waals surface area contributed by atoms with Gasteiger partial charge in [-0.25, -0.2) is 4.79 Å². The summed E-state index contributed by atoms with van der Waals surface area (Å²) in [6, 6.07) is 8.37. The first-order valence-electron chi connectivity index (χ1n) is 13.7. The molecule has 1 aromatic rings. The minimum Gasteiger partial charge on any atom is -0.455 e. The first-order valence-corrected chi connectivity index (χ1v) is 13.7. The van der Waals surface area contributed by atoms with Crippen LogP contribution in [0.15, 0.2) is 41.5 Å². The number of carbonyl (C=O) groups is 2. The van der Waals surface area contributed by atoms with E-state index in [2.05, 4.69) is 0 Å². The number of aliphatic hydroxyl groups is 4. The van der Waals surface area contributed by atoms with E-state index in [1.165, 1.54) is 6.92 Å². The van der Waals surface area contributed by atoms with Crippen LogP contribution >= 0.6 is 0 Å². The number of carbonyl (C=O) groups excluding carboxylic acids is 2. The molecular formula is C30H40O9. The van der Waals surface area contributed by atoms with Gasteiger partial charge in [0.05, 0.1) is 30.3 Å². The molecule has 1 saturated heterocycles. The fourth-order valence-corrected chi connectivity index (χ4v) is 8.14. The van der Waals surface area contributed by atoms with Gasteiger partial charge in [-0.05, 0) is 37.0 Å². The van der Waals surface area contributed by atoms with Gasteiger partial charge in [0.2, 0.25) is 0 Å². The van der Waals surface area contributed by atoms with Gasteiger partial charge in [-0.3, -0.25) is 4.79 Å². The molecule has 9 nitrogen and oxygen atoms in total. The second-order valence-electron chi connectivity index (χ2n) is 12.8. The van der Waals surface area contributed by atoms with Crippen LogP contribution in [0.4, 0.5) is 0 Å². The van der Waals surface area contributed by atoms with Crippen LogP contribution in [-0.2, 0) is 19.0 Å². The lowest BCUT2D eigenvalue weighted by Gasteiger charge is -2.69. The van der Waals surface area contributed by atoms with Crippen LogP contribution in [0.5, 0.6) is 0 Å². The van der Waals surface area contributed by atoms with E-state index in [4.69, 9.17) is 14.2 Å². The number of allylic oxidation sites excluding steroid dienone is 1. The number of fused-ring (bicyclic) bond motifs is 5. The van der Waals surface area contributed by atoms with Crippen molar-refractivity contribution < 1.29 is 44.2 Å². The second kappa shape index (κ2) is 9.11. The van der Waals surface area contributed by atoms with Gasteiger partial charge in [-0.2, -0.15) is 0 Å². The number of hydrogen-bond donors (Lipinski definition) is 4. The van der Waals surface area contributed by atoms with E-state index in [9.17, 15) is 30.0 Å². The second-order valence-corrected chi connectivity index (χ2v) is 12.8. The maximum Gasteiger partial charge on any atom is 0.338 e. The number of esters is 2. The summed E-state index contributed by atoms with van der Waals surface area (Å²) < 4.78 is 18.0. The molecule has 1 unspecified atom stereocenters. The minimum absolute atomic E-state index is 0.0274. The predicted octanol–water partition coefficient (Wildman–Crippen LogP) is 2.15. The van der Waals surface area contributed by atoms with Crippen molar-refractivity contribution in [1.82, 2.24) is 0 Å². The van der Waals surface area contributed by atoms with Gasteiger partial charge >= 0.3 is 11.9 Å². The van der Waals surface area contributed by atoms with E-state index in [1.807, 2.05) is 13.8 Å². The van der Waals surface area contributed by atoms with Crippen molar-refractivity contribution in [3.8, 4) is 0 Å². The highest BCUT2D eigenvalue weighted by Crippen LogP contribution is 2.65. The minimum atomic E-state index is -1.77. The Morgan fingerprint density at radius 2 is 1.72 bits per heavy atom. The molecule has 9 heteroatoms. The van der Waals surface area contributed by atoms with E-state index in [-0.39, 0.29) is 30.9 Å². The number of ether oxygens (including phenoxy) is 3. The Morgan fingerprint density at radius 3 is 2.28 bits per heavy atom. The molecule has 1 aromatic carbocycles. The Balaban J connectivity index is 1.80. The molecule has 0 aromatic heterocycles. The molecule has 2 bridgehead atoms. The molecule has 4 N–H and O–H groups in total. The molecule has 1 aliphatic heterocycles. The lowest BCUT2D eigenvalue weighted by atomic mass is 9.44. The van der Waals surface area contributed by atoms with Crippen molar-refractivity contribution in [2.75, 3.05) is 6.61 Å². The Labute approximate surface area is 228 Å². The van der Waals surface area contributed by atoms with Gasteiger partial charge < -0.3 is 34.6 Å². The van der Waals surface area contributed by atoms with Gasteiger partial charge in [0, 0.05) is 24.2 Å². The largest absolute Gasteiger partial charge is 0.455 e. The molecule has 0 amide bonds. The average Bonchev–Trinajstić information content (AvgIpc) is 2.87. The molecule has 214 valence electrons. The summed E-state index contributed by atoms with van der Waals surface area (Å²) >= 11 is 0. The van der Waals surface area contributed by atoms with Crippen LogP contribution in [0.2, 0.25) is 0 Å². The highest BCUT2D eigenvalue weighted by atomic mass is 16.6. The van der Waals surface area contributed by atoms with Gasteiger partial charge in [-0.1, -0.05) is 51.5 Å². The van der Waals surface area contributed by atoms with Crippen LogP contribution in [0.1, 0.15) is 64.7 Å². The van der Waals surface area contributed by atoms with Gasteiger partial charge in [0.15, 0.2) is 5.60 Å². The van der Waals surface area contributed by atoms with Crippen molar-refractivity contribution in [3.63, 3.8) is 0 Å². The van der Waals surface area contributed by atoms with E-state index in [0.29, 0.717) is 5.57 Å². The van der Waals surface area contributed by atoms with Gasteiger partial charge in [0.1, 0.15) is 23.9 Å². The van der Waals surface area contributed by atoms with Crippen molar-refractivity contribution in [2.45, 2.75) is 96.1 Å². The predicted molar refractivity (Wildman–Crippen MR) is 139 cm³/mol. The van der Waals surface area contributed by atoms with Gasteiger partial charge in [0.25, 0.3) is 0 Å². The smallest absolute Gasteiger partial charge is 0.338 e. The standard InChI is InChI=1S/C30H40O9/c1-15-13-30(36)25(38-26(35)18-10-8-7-9-11-18)23-28(6,24(34)22(33)21(16(15)2)27(30,4)5)19(32)12-20-29(23,14-37-20)39-17(3)31/h7-11,15,19-20,22-25,32-34,36H,12-14H2,1-6H3/t15-,19-,20+,22+,23?,24-,25-,28+,29-,30+/m0/s1. The quantitative estimate of drug-likeness (QED) is 0.332. The van der Waals surface area contributed by atoms with E-state index >= 15 is 0 Å². The van der Waals surface area contributed by atoms with Crippen molar-refractivity contribution in [1.29, 1.82) is 0 Å². The van der Waals surface area contributed by atoms with Crippen LogP contribution < -0.4 is 0 Å². The zero-order valence-corrected chi connectivity index (χ0v) is 23.4.